The van der Waals surface area contributed by atoms with Gasteiger partial charge in [-0.1, -0.05) is 31.1 Å². The maximum Gasteiger partial charge on any atom is 0.263 e. The number of carbonyl (C=O) groups excluding carboxylic acids is 1. The number of hydrogen-bond donors (Lipinski definition) is 2. The first-order valence-electron chi connectivity index (χ1n) is 5.69. The maximum atomic E-state index is 11.9. The molecule has 0 radical (unpaired) electrons. The monoisotopic (exact) mass is 239 g/mol. The molecule has 1 heterocycles. The van der Waals surface area contributed by atoms with Crippen molar-refractivity contribution in [2.45, 2.75) is 38.6 Å². The molecule has 4 nitrogen and oxygen atoms in total. The van der Waals surface area contributed by atoms with Gasteiger partial charge in [-0.15, -0.1) is 0 Å². The first kappa shape index (κ1) is 11.4. The summed E-state index contributed by atoms with van der Waals surface area (Å²) in [5, 5.41) is 3.52. The van der Waals surface area contributed by atoms with Gasteiger partial charge in [-0.25, -0.2) is 4.98 Å². The van der Waals surface area contributed by atoms with Crippen LogP contribution in [0.5, 0.6) is 0 Å². The molecule has 0 spiro atoms. The lowest BCUT2D eigenvalue weighted by Gasteiger charge is -2.29. The van der Waals surface area contributed by atoms with Crippen molar-refractivity contribution in [2.75, 3.05) is 5.73 Å². The molecule has 0 saturated heterocycles. The van der Waals surface area contributed by atoms with Crippen molar-refractivity contribution in [1.29, 1.82) is 0 Å². The summed E-state index contributed by atoms with van der Waals surface area (Å²) in [5.74, 6) is 0.538. The number of hydrogen-bond acceptors (Lipinski definition) is 4. The zero-order valence-electron chi connectivity index (χ0n) is 9.40. The van der Waals surface area contributed by atoms with Gasteiger partial charge >= 0.3 is 0 Å². The van der Waals surface area contributed by atoms with Crippen molar-refractivity contribution in [2.24, 2.45) is 5.92 Å². The summed E-state index contributed by atoms with van der Waals surface area (Å²) in [5.41, 5.74) is 5.50. The van der Waals surface area contributed by atoms with Gasteiger partial charge < -0.3 is 11.1 Å². The molecule has 2 rings (SSSR count). The van der Waals surface area contributed by atoms with E-state index in [1.54, 1.807) is 6.20 Å². The molecule has 3 N–H and O–H groups in total. The summed E-state index contributed by atoms with van der Waals surface area (Å²) in [4.78, 5) is 16.4. The molecular weight excluding hydrogens is 222 g/mol. The first-order chi connectivity index (χ1) is 7.66. The van der Waals surface area contributed by atoms with Gasteiger partial charge in [0.2, 0.25) is 0 Å². The van der Waals surface area contributed by atoms with Crippen molar-refractivity contribution in [3.05, 3.63) is 11.1 Å². The van der Waals surface area contributed by atoms with E-state index in [-0.39, 0.29) is 5.91 Å². The fraction of sp³-hybridized carbons (Fsp3) is 0.636. The fourth-order valence-electron chi connectivity index (χ4n) is 2.16. The zero-order valence-corrected chi connectivity index (χ0v) is 10.2. The summed E-state index contributed by atoms with van der Waals surface area (Å²) in [6.07, 6.45) is 6.32. The Balaban J connectivity index is 1.96. The third kappa shape index (κ3) is 2.52. The van der Waals surface area contributed by atoms with E-state index in [0.717, 1.165) is 6.42 Å². The molecule has 2 unspecified atom stereocenters. The molecule has 1 amide bonds. The van der Waals surface area contributed by atoms with Crippen LogP contribution in [-0.4, -0.2) is 16.9 Å². The van der Waals surface area contributed by atoms with E-state index in [9.17, 15) is 4.79 Å². The van der Waals surface area contributed by atoms with Gasteiger partial charge in [0.15, 0.2) is 5.13 Å². The van der Waals surface area contributed by atoms with Crippen LogP contribution in [0, 0.1) is 5.92 Å². The van der Waals surface area contributed by atoms with Crippen LogP contribution in [0.25, 0.3) is 0 Å². The molecule has 88 valence electrons. The fourth-order valence-corrected chi connectivity index (χ4v) is 2.75. The van der Waals surface area contributed by atoms with Gasteiger partial charge in [0.1, 0.15) is 4.88 Å². The smallest absolute Gasteiger partial charge is 0.263 e. The lowest BCUT2D eigenvalue weighted by Crippen LogP contribution is -2.40. The second kappa shape index (κ2) is 4.82. The Hall–Kier alpha value is -1.10. The Kier molecular flexibility index (Phi) is 3.43. The number of thiazole rings is 1. The lowest BCUT2D eigenvalue weighted by atomic mass is 9.86. The number of rotatable bonds is 2. The number of carbonyl (C=O) groups is 1. The molecule has 0 bridgehead atoms. The Morgan fingerprint density at radius 3 is 2.94 bits per heavy atom. The number of nitrogens with one attached hydrogen (secondary N) is 1. The Morgan fingerprint density at radius 1 is 1.56 bits per heavy atom. The second-order valence-electron chi connectivity index (χ2n) is 4.40. The third-order valence-electron chi connectivity index (χ3n) is 3.18. The van der Waals surface area contributed by atoms with E-state index in [4.69, 9.17) is 5.73 Å². The van der Waals surface area contributed by atoms with E-state index in [0.29, 0.717) is 22.0 Å². The third-order valence-corrected chi connectivity index (χ3v) is 4.00. The van der Waals surface area contributed by atoms with Crippen molar-refractivity contribution in [1.82, 2.24) is 10.3 Å². The van der Waals surface area contributed by atoms with Crippen LogP contribution in [0.4, 0.5) is 5.13 Å². The highest BCUT2D eigenvalue weighted by Gasteiger charge is 2.23. The van der Waals surface area contributed by atoms with Crippen LogP contribution in [0.2, 0.25) is 0 Å². The summed E-state index contributed by atoms with van der Waals surface area (Å²) < 4.78 is 0. The largest absolute Gasteiger partial charge is 0.375 e. The molecular formula is C11H17N3OS. The summed E-state index contributed by atoms with van der Waals surface area (Å²) >= 11 is 1.24. The minimum Gasteiger partial charge on any atom is -0.375 e. The Morgan fingerprint density at radius 2 is 2.31 bits per heavy atom. The van der Waals surface area contributed by atoms with Crippen LogP contribution < -0.4 is 11.1 Å². The molecule has 1 aliphatic rings. The predicted octanol–water partition coefficient (Wildman–Crippen LogP) is 2.03. The molecule has 1 aromatic rings. The highest BCUT2D eigenvalue weighted by molar-refractivity contribution is 7.17. The lowest BCUT2D eigenvalue weighted by molar-refractivity contribution is 0.0914. The van der Waals surface area contributed by atoms with Crippen LogP contribution in [0.15, 0.2) is 6.20 Å². The summed E-state index contributed by atoms with van der Waals surface area (Å²) in [6.45, 7) is 2.20. The zero-order chi connectivity index (χ0) is 11.5. The molecule has 2 atom stereocenters. The summed E-state index contributed by atoms with van der Waals surface area (Å²) in [6, 6.07) is 0.310. The average Bonchev–Trinajstić information content (AvgIpc) is 2.68. The van der Waals surface area contributed by atoms with Gasteiger partial charge in [-0.05, 0) is 18.8 Å². The van der Waals surface area contributed by atoms with Crippen LogP contribution in [0.3, 0.4) is 0 Å². The van der Waals surface area contributed by atoms with E-state index < -0.39 is 0 Å². The van der Waals surface area contributed by atoms with Gasteiger partial charge in [0.25, 0.3) is 5.91 Å². The predicted molar refractivity (Wildman–Crippen MR) is 65.4 cm³/mol. The first-order valence-corrected chi connectivity index (χ1v) is 6.50. The van der Waals surface area contributed by atoms with Crippen LogP contribution in [-0.2, 0) is 0 Å². The van der Waals surface area contributed by atoms with Crippen molar-refractivity contribution >= 4 is 22.4 Å². The molecule has 1 aromatic heterocycles. The topological polar surface area (TPSA) is 68.0 Å². The quantitative estimate of drug-likeness (QED) is 0.829. The molecule has 0 aliphatic heterocycles. The van der Waals surface area contributed by atoms with Crippen molar-refractivity contribution < 1.29 is 4.79 Å². The van der Waals surface area contributed by atoms with E-state index >= 15 is 0 Å². The highest BCUT2D eigenvalue weighted by atomic mass is 32.1. The number of nitrogens with two attached hydrogens (primary N) is 1. The molecule has 1 fully saturated rings. The van der Waals surface area contributed by atoms with Crippen LogP contribution >= 0.6 is 11.3 Å². The van der Waals surface area contributed by atoms with Gasteiger partial charge in [0.05, 0.1) is 6.20 Å². The number of aromatic nitrogens is 1. The minimum atomic E-state index is -0.0343. The normalized spacial score (nSPS) is 25.3. The molecule has 1 saturated carbocycles. The number of amides is 1. The SMILES string of the molecule is CC1CCCCC1NC(=O)c1cnc(N)s1. The average molecular weight is 239 g/mol. The van der Waals surface area contributed by atoms with Gasteiger partial charge in [-0.3, -0.25) is 4.79 Å². The summed E-state index contributed by atoms with van der Waals surface area (Å²) in [7, 11) is 0. The molecule has 16 heavy (non-hydrogen) atoms. The molecule has 5 heteroatoms. The number of nitrogen functional groups attached to an aromatic ring is 1. The Bertz CT molecular complexity index is 377. The maximum absolute atomic E-state index is 11.9. The number of anilines is 1. The van der Waals surface area contributed by atoms with Crippen molar-refractivity contribution in [3.63, 3.8) is 0 Å². The van der Waals surface area contributed by atoms with Crippen molar-refractivity contribution in [3.8, 4) is 0 Å². The van der Waals surface area contributed by atoms with Gasteiger partial charge in [0, 0.05) is 6.04 Å². The highest BCUT2D eigenvalue weighted by Crippen LogP contribution is 2.24. The minimum absolute atomic E-state index is 0.0343. The van der Waals surface area contributed by atoms with E-state index in [2.05, 4.69) is 17.2 Å². The molecule has 0 aromatic carbocycles. The van der Waals surface area contributed by atoms with Crippen LogP contribution in [0.1, 0.15) is 42.3 Å². The van der Waals surface area contributed by atoms with E-state index in [1.807, 2.05) is 0 Å². The second-order valence-corrected chi connectivity index (χ2v) is 5.47. The molecule has 1 aliphatic carbocycles. The number of nitrogens with zero attached hydrogens (tertiary/aromatic N) is 1. The van der Waals surface area contributed by atoms with Gasteiger partial charge in [-0.2, -0.15) is 0 Å². The standard InChI is InChI=1S/C11H17N3OS/c1-7-4-2-3-5-8(7)14-10(15)9-6-13-11(12)16-9/h6-8H,2-5H2,1H3,(H2,12,13)(H,14,15). The van der Waals surface area contributed by atoms with E-state index in [1.165, 1.54) is 30.6 Å². The Labute approximate surface area is 99.3 Å².